The predicted octanol–water partition coefficient (Wildman–Crippen LogP) is 3.29. The molecule has 0 aliphatic heterocycles. The highest BCUT2D eigenvalue weighted by Gasteiger charge is 2.13. The fourth-order valence-electron chi connectivity index (χ4n) is 2.49. The minimum atomic E-state index is -0.359. The monoisotopic (exact) mass is 471 g/mol. The third kappa shape index (κ3) is 5.42. The third-order valence-corrected chi connectivity index (χ3v) is 3.88. The zero-order valence-corrected chi connectivity index (χ0v) is 17.4. The highest BCUT2D eigenvalue weighted by molar-refractivity contribution is 14.0. The summed E-state index contributed by atoms with van der Waals surface area (Å²) >= 11 is 0. The predicted molar refractivity (Wildman–Crippen MR) is 109 cm³/mol. The summed E-state index contributed by atoms with van der Waals surface area (Å²) in [6.07, 6.45) is 1.56. The number of benzene rings is 1. The average Bonchev–Trinajstić information content (AvgIpc) is 3.05. The van der Waals surface area contributed by atoms with Crippen molar-refractivity contribution in [3.8, 4) is 6.07 Å². The molecule has 26 heavy (non-hydrogen) atoms. The molecule has 0 saturated heterocycles. The van der Waals surface area contributed by atoms with Crippen LogP contribution >= 0.6 is 24.0 Å². The first-order chi connectivity index (χ1) is 12.1. The Morgan fingerprint density at radius 3 is 2.62 bits per heavy atom. The largest absolute Gasteiger partial charge is 0.361 e. The third-order valence-electron chi connectivity index (χ3n) is 3.88. The minimum Gasteiger partial charge on any atom is -0.361 e. The summed E-state index contributed by atoms with van der Waals surface area (Å²) < 4.78 is 19.2. The molecule has 0 atom stereocenters. The van der Waals surface area contributed by atoms with E-state index in [0.29, 0.717) is 23.6 Å². The van der Waals surface area contributed by atoms with Crippen LogP contribution in [0.3, 0.4) is 0 Å². The van der Waals surface area contributed by atoms with Crippen LogP contribution in [0.2, 0.25) is 0 Å². The van der Waals surface area contributed by atoms with Gasteiger partial charge in [-0.05, 0) is 24.6 Å². The topological polar surface area (TPSA) is 86.2 Å². The van der Waals surface area contributed by atoms with Crippen molar-refractivity contribution in [1.82, 2.24) is 15.8 Å². The number of nitrogens with one attached hydrogen (secondary N) is 2. The summed E-state index contributed by atoms with van der Waals surface area (Å²) in [6, 6.07) is 6.29. The van der Waals surface area contributed by atoms with Crippen molar-refractivity contribution in [2.24, 2.45) is 4.99 Å². The number of guanidine groups is 1. The molecule has 0 radical (unpaired) electrons. The Hall–Kier alpha value is -2.15. The average molecular weight is 471 g/mol. The first-order valence-electron chi connectivity index (χ1n) is 8.22. The number of hydrogen-bond donors (Lipinski definition) is 2. The number of aryl methyl sites for hydroxylation is 2. The maximum atomic E-state index is 13.8. The zero-order valence-electron chi connectivity index (χ0n) is 15.1. The number of nitriles is 1. The van der Waals surface area contributed by atoms with Gasteiger partial charge in [0, 0.05) is 37.7 Å². The Morgan fingerprint density at radius 1 is 1.27 bits per heavy atom. The molecule has 0 aliphatic carbocycles. The highest BCUT2D eigenvalue weighted by atomic mass is 127. The van der Waals surface area contributed by atoms with Gasteiger partial charge in [-0.25, -0.2) is 4.39 Å². The van der Waals surface area contributed by atoms with Crippen LogP contribution in [0.15, 0.2) is 27.7 Å². The second-order valence-corrected chi connectivity index (χ2v) is 5.44. The molecule has 1 aromatic carbocycles. The van der Waals surface area contributed by atoms with Crippen molar-refractivity contribution < 1.29 is 8.91 Å². The second-order valence-electron chi connectivity index (χ2n) is 5.44. The van der Waals surface area contributed by atoms with E-state index in [9.17, 15) is 4.39 Å². The Bertz CT molecular complexity index is 776. The molecule has 140 valence electrons. The van der Waals surface area contributed by atoms with Crippen molar-refractivity contribution in [3.63, 3.8) is 0 Å². The van der Waals surface area contributed by atoms with Crippen LogP contribution in [0.4, 0.5) is 4.39 Å². The highest BCUT2D eigenvalue weighted by Crippen LogP contribution is 2.15. The Morgan fingerprint density at radius 2 is 2.00 bits per heavy atom. The molecule has 2 N–H and O–H groups in total. The molecule has 1 heterocycles. The number of aliphatic imine (C=N–C) groups is 1. The number of rotatable bonds is 6. The van der Waals surface area contributed by atoms with Gasteiger partial charge in [0.1, 0.15) is 11.6 Å². The van der Waals surface area contributed by atoms with E-state index in [-0.39, 0.29) is 36.3 Å². The van der Waals surface area contributed by atoms with Gasteiger partial charge in [0.15, 0.2) is 5.96 Å². The summed E-state index contributed by atoms with van der Waals surface area (Å²) in [6.45, 7) is 4.79. The molecule has 2 rings (SSSR count). The number of nitrogens with zero attached hydrogens (tertiary/aromatic N) is 3. The molecule has 0 amide bonds. The number of halogens is 2. The molecule has 1 aromatic heterocycles. The van der Waals surface area contributed by atoms with E-state index < -0.39 is 0 Å². The van der Waals surface area contributed by atoms with Crippen molar-refractivity contribution in [1.29, 1.82) is 5.26 Å². The van der Waals surface area contributed by atoms with Gasteiger partial charge < -0.3 is 15.2 Å². The van der Waals surface area contributed by atoms with E-state index in [1.807, 2.05) is 19.9 Å². The first kappa shape index (κ1) is 21.9. The van der Waals surface area contributed by atoms with Crippen molar-refractivity contribution >= 4 is 29.9 Å². The fraction of sp³-hybridized carbons (Fsp3) is 0.389. The molecule has 8 heteroatoms. The summed E-state index contributed by atoms with van der Waals surface area (Å²) in [4.78, 5) is 4.14. The Balaban J connectivity index is 0.00000338. The van der Waals surface area contributed by atoms with E-state index in [4.69, 9.17) is 9.78 Å². The molecular formula is C18H23FIN5O. The standard InChI is InChI=1S/C18H22FN5O.HI/c1-4-16-14(17(5-2)25-24-16)11-23-18(21-3)22-10-13-8-12(9-20)6-7-15(13)19;/h6-8H,4-5,10-11H2,1-3H3,(H2,21,22,23);1H. The Kier molecular flexibility index (Phi) is 9.05. The minimum absolute atomic E-state index is 0. The molecule has 2 aromatic rings. The molecule has 0 aliphatic rings. The number of aromatic nitrogens is 1. The second kappa shape index (κ2) is 10.8. The molecule has 0 saturated carbocycles. The summed E-state index contributed by atoms with van der Waals surface area (Å²) in [5, 5.41) is 19.2. The van der Waals surface area contributed by atoms with E-state index in [2.05, 4.69) is 20.8 Å². The van der Waals surface area contributed by atoms with E-state index in [1.165, 1.54) is 18.2 Å². The van der Waals surface area contributed by atoms with E-state index in [0.717, 1.165) is 29.9 Å². The van der Waals surface area contributed by atoms with Crippen LogP contribution < -0.4 is 10.6 Å². The smallest absolute Gasteiger partial charge is 0.191 e. The maximum Gasteiger partial charge on any atom is 0.191 e. The van der Waals surface area contributed by atoms with Gasteiger partial charge in [0.05, 0.1) is 17.3 Å². The van der Waals surface area contributed by atoms with Crippen molar-refractivity contribution in [3.05, 3.63) is 52.2 Å². The lowest BCUT2D eigenvalue weighted by Crippen LogP contribution is -2.36. The van der Waals surface area contributed by atoms with E-state index in [1.54, 1.807) is 7.05 Å². The van der Waals surface area contributed by atoms with Gasteiger partial charge in [-0.1, -0.05) is 19.0 Å². The first-order valence-corrected chi connectivity index (χ1v) is 8.22. The van der Waals surface area contributed by atoms with Gasteiger partial charge >= 0.3 is 0 Å². The Labute approximate surface area is 169 Å². The van der Waals surface area contributed by atoms with Gasteiger partial charge in [0.25, 0.3) is 0 Å². The quantitative estimate of drug-likeness (QED) is 0.384. The molecule has 0 unspecified atom stereocenters. The van der Waals surface area contributed by atoms with Crippen LogP contribution in [0.5, 0.6) is 0 Å². The molecule has 0 bridgehead atoms. The maximum absolute atomic E-state index is 13.8. The lowest BCUT2D eigenvalue weighted by atomic mass is 10.1. The molecule has 0 spiro atoms. The van der Waals surface area contributed by atoms with Gasteiger partial charge in [-0.15, -0.1) is 24.0 Å². The zero-order chi connectivity index (χ0) is 18.2. The summed E-state index contributed by atoms with van der Waals surface area (Å²) in [5.74, 6) is 1.03. The normalized spacial score (nSPS) is 10.8. The van der Waals surface area contributed by atoms with Crippen LogP contribution in [0.25, 0.3) is 0 Å². The molecule has 0 fully saturated rings. The fourth-order valence-corrected chi connectivity index (χ4v) is 2.49. The summed E-state index contributed by atoms with van der Waals surface area (Å²) in [7, 11) is 1.65. The van der Waals surface area contributed by atoms with Gasteiger partial charge in [-0.2, -0.15) is 5.26 Å². The van der Waals surface area contributed by atoms with Crippen molar-refractivity contribution in [2.75, 3.05) is 7.05 Å². The lowest BCUT2D eigenvalue weighted by Gasteiger charge is -2.13. The SMILES string of the molecule is CCc1noc(CC)c1CNC(=NC)NCc1cc(C#N)ccc1F.I. The van der Waals surface area contributed by atoms with Crippen molar-refractivity contribution in [2.45, 2.75) is 39.8 Å². The van der Waals surface area contributed by atoms with Crippen LogP contribution in [0.1, 0.15) is 42.0 Å². The van der Waals surface area contributed by atoms with E-state index >= 15 is 0 Å². The van der Waals surface area contributed by atoms with Gasteiger partial charge in [-0.3, -0.25) is 4.99 Å². The van der Waals surface area contributed by atoms with Crippen LogP contribution in [-0.4, -0.2) is 18.2 Å². The van der Waals surface area contributed by atoms with Gasteiger partial charge in [0.2, 0.25) is 0 Å². The summed E-state index contributed by atoms with van der Waals surface area (Å²) in [5.41, 5.74) is 2.79. The van der Waals surface area contributed by atoms with Crippen LogP contribution in [0, 0.1) is 17.1 Å². The number of hydrogen-bond acceptors (Lipinski definition) is 4. The lowest BCUT2D eigenvalue weighted by molar-refractivity contribution is 0.380. The van der Waals surface area contributed by atoms with Crippen LogP contribution in [-0.2, 0) is 25.9 Å². The molecular weight excluding hydrogens is 448 g/mol. The molecule has 6 nitrogen and oxygen atoms in total.